The first-order valence-corrected chi connectivity index (χ1v) is 10.8. The lowest BCUT2D eigenvalue weighted by Crippen LogP contribution is -2.39. The minimum Gasteiger partial charge on any atom is -0.379 e. The fourth-order valence-electron chi connectivity index (χ4n) is 3.31. The summed E-state index contributed by atoms with van der Waals surface area (Å²) in [6.45, 7) is 6.79. The number of carbonyl (C=O) groups is 1. The molecule has 0 atom stereocenters. The number of aryl methyl sites for hydroxylation is 1. The third-order valence-electron chi connectivity index (χ3n) is 4.95. The van der Waals surface area contributed by atoms with Crippen molar-refractivity contribution in [3.8, 4) is 0 Å². The first-order valence-electron chi connectivity index (χ1n) is 9.57. The second-order valence-electron chi connectivity index (χ2n) is 6.87. The van der Waals surface area contributed by atoms with Gasteiger partial charge in [-0.2, -0.15) is 0 Å². The molecule has 0 aliphatic carbocycles. The summed E-state index contributed by atoms with van der Waals surface area (Å²) in [4.78, 5) is 30.2. The van der Waals surface area contributed by atoms with E-state index in [1.807, 2.05) is 19.1 Å². The van der Waals surface area contributed by atoms with Gasteiger partial charge in [-0.05, 0) is 31.0 Å². The molecule has 0 unspecified atom stereocenters. The van der Waals surface area contributed by atoms with Crippen LogP contribution in [0.5, 0.6) is 0 Å². The van der Waals surface area contributed by atoms with Crippen LogP contribution < -0.4 is 4.90 Å². The number of ether oxygens (including phenoxy) is 1. The van der Waals surface area contributed by atoms with Gasteiger partial charge in [0.15, 0.2) is 5.13 Å². The van der Waals surface area contributed by atoms with Gasteiger partial charge in [0, 0.05) is 43.6 Å². The smallest absolute Gasteiger partial charge is 0.280 e. The van der Waals surface area contributed by atoms with Gasteiger partial charge in [-0.1, -0.05) is 22.9 Å². The van der Waals surface area contributed by atoms with Gasteiger partial charge in [0.05, 0.1) is 29.6 Å². The van der Waals surface area contributed by atoms with Crippen LogP contribution in [0.15, 0.2) is 30.7 Å². The van der Waals surface area contributed by atoms with Gasteiger partial charge in [-0.3, -0.25) is 19.6 Å². The van der Waals surface area contributed by atoms with Crippen molar-refractivity contribution in [3.63, 3.8) is 0 Å². The predicted octanol–water partition coefficient (Wildman–Crippen LogP) is 3.84. The second-order valence-corrected chi connectivity index (χ2v) is 8.29. The summed E-state index contributed by atoms with van der Waals surface area (Å²) in [6, 6.07) is 3.82. The molecule has 0 spiro atoms. The maximum Gasteiger partial charge on any atom is 0.280 e. The van der Waals surface area contributed by atoms with E-state index in [1.165, 1.54) is 23.7 Å². The molecule has 1 aliphatic rings. The minimum atomic E-state index is -0.192. The van der Waals surface area contributed by atoms with Crippen LogP contribution in [-0.4, -0.2) is 65.2 Å². The molecule has 160 valence electrons. The van der Waals surface area contributed by atoms with E-state index >= 15 is 0 Å². The number of fused-ring (bicyclic) bond motifs is 1. The summed E-state index contributed by atoms with van der Waals surface area (Å²) in [5.41, 5.74) is 2.07. The number of hydrogen-bond acceptors (Lipinski definition) is 7. The summed E-state index contributed by atoms with van der Waals surface area (Å²) in [5.74, 6) is -0.192. The predicted molar refractivity (Wildman–Crippen MR) is 122 cm³/mol. The van der Waals surface area contributed by atoms with E-state index in [0.29, 0.717) is 22.4 Å². The van der Waals surface area contributed by atoms with Crippen molar-refractivity contribution in [1.29, 1.82) is 0 Å². The SMILES string of the molecule is Cc1c(Cl)ccc2sc(N(CCCN3CCOCC3)C(=O)c3cnccn3)nc12.Cl. The van der Waals surface area contributed by atoms with Crippen LogP contribution in [0, 0.1) is 6.92 Å². The van der Waals surface area contributed by atoms with Crippen LogP contribution in [-0.2, 0) is 4.74 Å². The van der Waals surface area contributed by atoms with Crippen molar-refractivity contribution < 1.29 is 9.53 Å². The maximum absolute atomic E-state index is 13.2. The van der Waals surface area contributed by atoms with Gasteiger partial charge in [0.25, 0.3) is 5.91 Å². The molecule has 3 aromatic rings. The summed E-state index contributed by atoms with van der Waals surface area (Å²) in [7, 11) is 0. The Morgan fingerprint density at radius 2 is 2.10 bits per heavy atom. The standard InChI is InChI=1S/C20H22ClN5O2S.ClH/c1-14-15(21)3-4-17-18(14)24-20(29-17)26(19(27)16-13-22-5-6-23-16)8-2-7-25-9-11-28-12-10-25;/h3-6,13H,2,7-12H2,1H3;1H. The minimum absolute atomic E-state index is 0. The van der Waals surface area contributed by atoms with E-state index in [2.05, 4.69) is 14.9 Å². The third-order valence-corrected chi connectivity index (χ3v) is 6.41. The van der Waals surface area contributed by atoms with E-state index in [9.17, 15) is 4.79 Å². The van der Waals surface area contributed by atoms with Crippen LogP contribution >= 0.6 is 35.3 Å². The third kappa shape index (κ3) is 5.07. The number of rotatable bonds is 6. The molecule has 10 heteroatoms. The number of aromatic nitrogens is 3. The molecule has 1 fully saturated rings. The molecule has 0 N–H and O–H groups in total. The molecular formula is C20H23Cl2N5O2S. The highest BCUT2D eigenvalue weighted by molar-refractivity contribution is 7.22. The van der Waals surface area contributed by atoms with Crippen LogP contribution in [0.1, 0.15) is 22.5 Å². The number of amides is 1. The Labute approximate surface area is 190 Å². The van der Waals surface area contributed by atoms with E-state index in [1.54, 1.807) is 11.1 Å². The number of morpholine rings is 1. The molecule has 4 rings (SSSR count). The number of benzene rings is 1. The summed E-state index contributed by atoms with van der Waals surface area (Å²) >= 11 is 7.75. The Morgan fingerprint density at radius 3 is 2.83 bits per heavy atom. The Hall–Kier alpha value is -1.84. The second kappa shape index (κ2) is 10.5. The van der Waals surface area contributed by atoms with Gasteiger partial charge in [-0.15, -0.1) is 12.4 Å². The van der Waals surface area contributed by atoms with Crippen LogP contribution in [0.3, 0.4) is 0 Å². The van der Waals surface area contributed by atoms with Gasteiger partial charge in [0.2, 0.25) is 0 Å². The highest BCUT2D eigenvalue weighted by atomic mass is 35.5. The zero-order chi connectivity index (χ0) is 20.2. The molecule has 7 nitrogen and oxygen atoms in total. The molecule has 1 aromatic carbocycles. The maximum atomic E-state index is 13.2. The Bertz CT molecular complexity index is 996. The molecule has 1 aliphatic heterocycles. The number of nitrogens with zero attached hydrogens (tertiary/aromatic N) is 5. The van der Waals surface area contributed by atoms with E-state index in [0.717, 1.165) is 55.0 Å². The Kier molecular flexibility index (Phi) is 7.96. The Balaban J connectivity index is 0.00000256. The number of anilines is 1. The van der Waals surface area contributed by atoms with Crippen LogP contribution in [0.25, 0.3) is 10.2 Å². The van der Waals surface area contributed by atoms with Gasteiger partial charge in [0.1, 0.15) is 5.69 Å². The molecule has 3 heterocycles. The van der Waals surface area contributed by atoms with Crippen molar-refractivity contribution in [3.05, 3.63) is 47.0 Å². The molecule has 1 saturated heterocycles. The van der Waals surface area contributed by atoms with Gasteiger partial charge in [-0.25, -0.2) is 9.97 Å². The lowest BCUT2D eigenvalue weighted by atomic mass is 10.2. The topological polar surface area (TPSA) is 71.5 Å². The van der Waals surface area contributed by atoms with E-state index in [-0.39, 0.29) is 18.3 Å². The number of hydrogen-bond donors (Lipinski definition) is 0. The van der Waals surface area contributed by atoms with Crippen molar-refractivity contribution in [2.75, 3.05) is 44.3 Å². The molecule has 2 aromatic heterocycles. The van der Waals surface area contributed by atoms with Crippen molar-refractivity contribution >= 4 is 56.6 Å². The molecule has 0 saturated carbocycles. The highest BCUT2D eigenvalue weighted by Gasteiger charge is 2.23. The molecule has 0 radical (unpaired) electrons. The molecular weight excluding hydrogens is 445 g/mol. The average Bonchev–Trinajstić information content (AvgIpc) is 3.19. The average molecular weight is 468 g/mol. The fourth-order valence-corrected chi connectivity index (χ4v) is 4.52. The van der Waals surface area contributed by atoms with Crippen LogP contribution in [0.4, 0.5) is 5.13 Å². The first-order chi connectivity index (χ1) is 14.1. The monoisotopic (exact) mass is 467 g/mol. The van der Waals surface area contributed by atoms with Crippen molar-refractivity contribution in [1.82, 2.24) is 19.9 Å². The zero-order valence-electron chi connectivity index (χ0n) is 16.6. The number of carbonyl (C=O) groups excluding carboxylic acids is 1. The van der Waals surface area contributed by atoms with Crippen molar-refractivity contribution in [2.24, 2.45) is 0 Å². The molecule has 1 amide bonds. The van der Waals surface area contributed by atoms with Crippen molar-refractivity contribution in [2.45, 2.75) is 13.3 Å². The summed E-state index contributed by atoms with van der Waals surface area (Å²) in [6.07, 6.45) is 5.42. The largest absolute Gasteiger partial charge is 0.379 e. The molecule has 30 heavy (non-hydrogen) atoms. The lowest BCUT2D eigenvalue weighted by molar-refractivity contribution is 0.0376. The zero-order valence-corrected chi connectivity index (χ0v) is 19.0. The molecule has 0 bridgehead atoms. The summed E-state index contributed by atoms with van der Waals surface area (Å²) < 4.78 is 6.41. The first kappa shape index (κ1) is 22.8. The number of thiazole rings is 1. The van der Waals surface area contributed by atoms with Gasteiger partial charge < -0.3 is 4.74 Å². The van der Waals surface area contributed by atoms with E-state index in [4.69, 9.17) is 21.3 Å². The quantitative estimate of drug-likeness (QED) is 0.548. The number of halogens is 2. The van der Waals surface area contributed by atoms with Gasteiger partial charge >= 0.3 is 0 Å². The fraction of sp³-hybridized carbons (Fsp3) is 0.400. The normalized spacial score (nSPS) is 14.5. The highest BCUT2D eigenvalue weighted by Crippen LogP contribution is 2.34. The summed E-state index contributed by atoms with van der Waals surface area (Å²) in [5, 5.41) is 1.33. The van der Waals surface area contributed by atoms with E-state index < -0.39 is 0 Å². The lowest BCUT2D eigenvalue weighted by Gasteiger charge is -2.27. The van der Waals surface area contributed by atoms with Crippen LogP contribution in [0.2, 0.25) is 5.02 Å². The Morgan fingerprint density at radius 1 is 1.30 bits per heavy atom.